The van der Waals surface area contributed by atoms with E-state index in [9.17, 15) is 4.79 Å². The van der Waals surface area contributed by atoms with E-state index in [0.29, 0.717) is 22.6 Å². The number of methoxy groups -OCH3 is 1. The molecule has 0 fully saturated rings. The lowest BCUT2D eigenvalue weighted by atomic mass is 10.1. The van der Waals surface area contributed by atoms with Gasteiger partial charge in [0.2, 0.25) is 0 Å². The maximum atomic E-state index is 12.4. The molecule has 0 spiro atoms. The Kier molecular flexibility index (Phi) is 7.07. The minimum atomic E-state index is -0.310. The fraction of sp³-hybridized carbons (Fsp3) is 0.286. The number of aliphatic hydroxyl groups is 1. The van der Waals surface area contributed by atoms with E-state index in [1.807, 2.05) is 44.2 Å². The maximum absolute atomic E-state index is 12.4. The van der Waals surface area contributed by atoms with Gasteiger partial charge in [0.25, 0.3) is 5.91 Å². The molecular weight excluding hydrogens is 330 g/mol. The standard InChI is InChI=1S/C21H23NO4/c1-15(2)26-20-11-9-16(14-18(20)21(24)22-12-13-23)8-10-17-6-4-5-7-19(17)25-3/h4-7,9,11,14-15,23H,12-13H2,1-3H3,(H,22,24). The molecule has 0 aromatic heterocycles. The quantitative estimate of drug-likeness (QED) is 0.784. The van der Waals surface area contributed by atoms with E-state index in [4.69, 9.17) is 14.6 Å². The van der Waals surface area contributed by atoms with Crippen molar-refractivity contribution in [2.45, 2.75) is 20.0 Å². The predicted octanol–water partition coefficient (Wildman–Crippen LogP) is 2.60. The summed E-state index contributed by atoms with van der Waals surface area (Å²) in [6, 6.07) is 12.7. The molecule has 0 saturated carbocycles. The van der Waals surface area contributed by atoms with Crippen LogP contribution >= 0.6 is 0 Å². The minimum Gasteiger partial charge on any atom is -0.495 e. The van der Waals surface area contributed by atoms with Crippen LogP contribution in [0.5, 0.6) is 11.5 Å². The van der Waals surface area contributed by atoms with Crippen molar-refractivity contribution in [2.75, 3.05) is 20.3 Å². The number of rotatable bonds is 6. The summed E-state index contributed by atoms with van der Waals surface area (Å²) in [7, 11) is 1.60. The van der Waals surface area contributed by atoms with Gasteiger partial charge in [0.05, 0.1) is 30.9 Å². The fourth-order valence-electron chi connectivity index (χ4n) is 2.29. The molecule has 0 aliphatic heterocycles. The van der Waals surface area contributed by atoms with Crippen molar-refractivity contribution >= 4 is 5.91 Å². The van der Waals surface area contributed by atoms with E-state index < -0.39 is 0 Å². The summed E-state index contributed by atoms with van der Waals surface area (Å²) >= 11 is 0. The van der Waals surface area contributed by atoms with Crippen LogP contribution in [0.1, 0.15) is 35.3 Å². The lowest BCUT2D eigenvalue weighted by Crippen LogP contribution is -2.27. The first-order chi connectivity index (χ1) is 12.5. The predicted molar refractivity (Wildman–Crippen MR) is 101 cm³/mol. The highest BCUT2D eigenvalue weighted by atomic mass is 16.5. The number of ether oxygens (including phenoxy) is 2. The highest BCUT2D eigenvalue weighted by molar-refractivity contribution is 5.97. The van der Waals surface area contributed by atoms with Gasteiger partial charge in [-0.25, -0.2) is 0 Å². The van der Waals surface area contributed by atoms with E-state index >= 15 is 0 Å². The Bertz CT molecular complexity index is 818. The van der Waals surface area contributed by atoms with Gasteiger partial charge in [-0.3, -0.25) is 4.79 Å². The molecule has 0 aliphatic rings. The fourth-order valence-corrected chi connectivity index (χ4v) is 2.29. The molecule has 0 aliphatic carbocycles. The number of hydrogen-bond acceptors (Lipinski definition) is 4. The lowest BCUT2D eigenvalue weighted by Gasteiger charge is -2.14. The van der Waals surface area contributed by atoms with Crippen LogP contribution in [0.25, 0.3) is 0 Å². The van der Waals surface area contributed by atoms with Crippen LogP contribution in [0, 0.1) is 11.8 Å². The van der Waals surface area contributed by atoms with Crippen molar-refractivity contribution in [1.29, 1.82) is 0 Å². The number of carbonyl (C=O) groups excluding carboxylic acids is 1. The highest BCUT2D eigenvalue weighted by Gasteiger charge is 2.14. The Morgan fingerprint density at radius 2 is 1.92 bits per heavy atom. The zero-order chi connectivity index (χ0) is 18.9. The monoisotopic (exact) mass is 353 g/mol. The third-order valence-corrected chi connectivity index (χ3v) is 3.43. The van der Waals surface area contributed by atoms with Gasteiger partial charge in [-0.05, 0) is 44.2 Å². The summed E-state index contributed by atoms with van der Waals surface area (Å²) in [5, 5.41) is 11.6. The van der Waals surface area contributed by atoms with Gasteiger partial charge in [-0.15, -0.1) is 0 Å². The molecule has 2 N–H and O–H groups in total. The van der Waals surface area contributed by atoms with Gasteiger partial charge >= 0.3 is 0 Å². The Labute approximate surface area is 154 Å². The maximum Gasteiger partial charge on any atom is 0.255 e. The molecule has 0 unspecified atom stereocenters. The van der Waals surface area contributed by atoms with Crippen molar-refractivity contribution in [1.82, 2.24) is 5.32 Å². The van der Waals surface area contributed by atoms with Crippen molar-refractivity contribution < 1.29 is 19.4 Å². The summed E-state index contributed by atoms with van der Waals surface area (Å²) in [6.45, 7) is 3.84. The highest BCUT2D eigenvalue weighted by Crippen LogP contribution is 2.22. The van der Waals surface area contributed by atoms with Gasteiger partial charge in [0.1, 0.15) is 11.5 Å². The molecule has 0 saturated heterocycles. The first-order valence-electron chi connectivity index (χ1n) is 8.40. The topological polar surface area (TPSA) is 67.8 Å². The van der Waals surface area contributed by atoms with Crippen molar-refractivity contribution in [3.8, 4) is 23.3 Å². The average molecular weight is 353 g/mol. The molecule has 26 heavy (non-hydrogen) atoms. The number of carbonyl (C=O) groups is 1. The van der Waals surface area contributed by atoms with Gasteiger partial charge < -0.3 is 19.9 Å². The molecular formula is C21H23NO4. The van der Waals surface area contributed by atoms with Gasteiger partial charge in [0, 0.05) is 12.1 Å². The number of benzene rings is 2. The second kappa shape index (κ2) is 9.50. The molecule has 1 amide bonds. The largest absolute Gasteiger partial charge is 0.495 e. The second-order valence-electron chi connectivity index (χ2n) is 5.81. The van der Waals surface area contributed by atoms with Crippen molar-refractivity contribution in [3.63, 3.8) is 0 Å². The third kappa shape index (κ3) is 5.27. The van der Waals surface area contributed by atoms with Crippen LogP contribution in [0.2, 0.25) is 0 Å². The van der Waals surface area contributed by atoms with Crippen LogP contribution in [0.15, 0.2) is 42.5 Å². The van der Waals surface area contributed by atoms with Gasteiger partial charge in [-0.1, -0.05) is 24.0 Å². The molecule has 5 heteroatoms. The number of hydrogen-bond donors (Lipinski definition) is 2. The van der Waals surface area contributed by atoms with E-state index in [1.165, 1.54) is 0 Å². The molecule has 2 aromatic carbocycles. The van der Waals surface area contributed by atoms with E-state index in [-0.39, 0.29) is 25.2 Å². The Morgan fingerprint density at radius 3 is 2.62 bits per heavy atom. The number of nitrogens with one attached hydrogen (secondary N) is 1. The van der Waals surface area contributed by atoms with Crippen LogP contribution in [0.3, 0.4) is 0 Å². The van der Waals surface area contributed by atoms with Gasteiger partial charge in [0.15, 0.2) is 0 Å². The van der Waals surface area contributed by atoms with Crippen LogP contribution in [-0.2, 0) is 0 Å². The molecule has 0 atom stereocenters. The molecule has 0 bridgehead atoms. The van der Waals surface area contributed by atoms with E-state index in [0.717, 1.165) is 5.56 Å². The summed E-state index contributed by atoms with van der Waals surface area (Å²) in [5.74, 6) is 6.99. The first kappa shape index (κ1) is 19.4. The molecule has 0 heterocycles. The first-order valence-corrected chi connectivity index (χ1v) is 8.40. The Hall–Kier alpha value is -2.97. The summed E-state index contributed by atoms with van der Waals surface area (Å²) < 4.78 is 11.0. The minimum absolute atomic E-state index is 0.0649. The number of aliphatic hydroxyl groups excluding tert-OH is 1. The number of para-hydroxylation sites is 1. The second-order valence-corrected chi connectivity index (χ2v) is 5.81. The third-order valence-electron chi connectivity index (χ3n) is 3.43. The summed E-state index contributed by atoms with van der Waals surface area (Å²) in [4.78, 5) is 12.4. The molecule has 5 nitrogen and oxygen atoms in total. The SMILES string of the molecule is COc1ccccc1C#Cc1ccc(OC(C)C)c(C(=O)NCCO)c1. The van der Waals surface area contributed by atoms with Crippen LogP contribution in [0.4, 0.5) is 0 Å². The molecule has 2 rings (SSSR count). The smallest absolute Gasteiger partial charge is 0.255 e. The summed E-state index contributed by atoms with van der Waals surface area (Å²) in [6.07, 6.45) is -0.0649. The zero-order valence-corrected chi connectivity index (χ0v) is 15.2. The van der Waals surface area contributed by atoms with Crippen LogP contribution in [-0.4, -0.2) is 37.4 Å². The zero-order valence-electron chi connectivity index (χ0n) is 15.2. The van der Waals surface area contributed by atoms with E-state index in [2.05, 4.69) is 17.2 Å². The lowest BCUT2D eigenvalue weighted by molar-refractivity contribution is 0.0939. The van der Waals surface area contributed by atoms with Crippen molar-refractivity contribution in [3.05, 3.63) is 59.2 Å². The normalized spacial score (nSPS) is 10.0. The number of amides is 1. The molecule has 0 radical (unpaired) electrons. The summed E-state index contributed by atoms with van der Waals surface area (Å²) in [5.41, 5.74) is 1.84. The van der Waals surface area contributed by atoms with Gasteiger partial charge in [-0.2, -0.15) is 0 Å². The van der Waals surface area contributed by atoms with Crippen LogP contribution < -0.4 is 14.8 Å². The Morgan fingerprint density at radius 1 is 1.15 bits per heavy atom. The molecule has 2 aromatic rings. The molecule has 136 valence electrons. The average Bonchev–Trinajstić information content (AvgIpc) is 2.65. The van der Waals surface area contributed by atoms with Crippen molar-refractivity contribution in [2.24, 2.45) is 0 Å². The Balaban J connectivity index is 2.36. The van der Waals surface area contributed by atoms with E-state index in [1.54, 1.807) is 19.2 Å².